The molecule has 1 aliphatic carbocycles. The number of halogens is 1. The molecule has 1 aromatic carbocycles. The monoisotopic (exact) mass is 374 g/mol. The van der Waals surface area contributed by atoms with Gasteiger partial charge in [0.2, 0.25) is 5.91 Å². The van der Waals surface area contributed by atoms with Crippen LogP contribution in [-0.4, -0.2) is 17.0 Å². The molecule has 4 nitrogen and oxygen atoms in total. The molecule has 1 amide bonds. The van der Waals surface area contributed by atoms with Crippen molar-refractivity contribution in [2.24, 2.45) is 0 Å². The van der Waals surface area contributed by atoms with Crippen molar-refractivity contribution in [3.05, 3.63) is 69.1 Å². The van der Waals surface area contributed by atoms with Crippen LogP contribution < -0.4 is 10.9 Å². The second-order valence-electron chi connectivity index (χ2n) is 6.09. The summed E-state index contributed by atoms with van der Waals surface area (Å²) in [5.74, 6) is -0.132. The summed E-state index contributed by atoms with van der Waals surface area (Å²) in [5.41, 5.74) is 1.16. The summed E-state index contributed by atoms with van der Waals surface area (Å²) in [7, 11) is 0. The van der Waals surface area contributed by atoms with E-state index in [1.165, 1.54) is 22.6 Å². The molecule has 120 valence electrons. The lowest BCUT2D eigenvalue weighted by Gasteiger charge is -2.42. The molecular formula is C18H19BrN2O2. The van der Waals surface area contributed by atoms with Gasteiger partial charge >= 0.3 is 0 Å². The van der Waals surface area contributed by atoms with Crippen LogP contribution in [0.3, 0.4) is 0 Å². The summed E-state index contributed by atoms with van der Waals surface area (Å²) in [6, 6.07) is 13.5. The Hall–Kier alpha value is -1.88. The number of nitrogens with one attached hydrogen (secondary N) is 1. The van der Waals surface area contributed by atoms with Crippen molar-refractivity contribution in [2.75, 3.05) is 6.54 Å². The van der Waals surface area contributed by atoms with Gasteiger partial charge in [-0.15, -0.1) is 0 Å². The van der Waals surface area contributed by atoms with Crippen LogP contribution in [0.1, 0.15) is 24.8 Å². The van der Waals surface area contributed by atoms with Gasteiger partial charge in [0.05, 0.1) is 0 Å². The van der Waals surface area contributed by atoms with E-state index < -0.39 is 0 Å². The fourth-order valence-electron chi connectivity index (χ4n) is 3.07. The van der Waals surface area contributed by atoms with E-state index in [9.17, 15) is 9.59 Å². The number of aromatic nitrogens is 1. The van der Waals surface area contributed by atoms with Gasteiger partial charge in [0.1, 0.15) is 6.54 Å². The van der Waals surface area contributed by atoms with Crippen LogP contribution in [-0.2, 0) is 16.8 Å². The zero-order valence-corrected chi connectivity index (χ0v) is 14.4. The van der Waals surface area contributed by atoms with Crippen molar-refractivity contribution < 1.29 is 4.79 Å². The number of amides is 1. The Bertz CT molecular complexity index is 751. The molecular weight excluding hydrogens is 356 g/mol. The van der Waals surface area contributed by atoms with E-state index in [-0.39, 0.29) is 23.4 Å². The highest BCUT2D eigenvalue weighted by Gasteiger charge is 2.38. The van der Waals surface area contributed by atoms with Gasteiger partial charge in [-0.3, -0.25) is 9.59 Å². The minimum Gasteiger partial charge on any atom is -0.354 e. The number of hydrogen-bond acceptors (Lipinski definition) is 2. The molecule has 5 heteroatoms. The standard InChI is InChI=1S/C18H19BrN2O2/c19-15-7-8-17(23)21(11-15)12-16(22)20-13-18(9-4-10-18)14-5-2-1-3-6-14/h1-3,5-8,11H,4,9-10,12-13H2,(H,20,22). The summed E-state index contributed by atoms with van der Waals surface area (Å²) in [5, 5.41) is 3.01. The fraction of sp³-hybridized carbons (Fsp3) is 0.333. The first-order chi connectivity index (χ1) is 11.1. The van der Waals surface area contributed by atoms with E-state index in [1.54, 1.807) is 12.3 Å². The Morgan fingerprint density at radius 1 is 1.17 bits per heavy atom. The SMILES string of the molecule is O=C(Cn1cc(Br)ccc1=O)NCC1(c2ccccc2)CCC1. The average Bonchev–Trinajstić information content (AvgIpc) is 2.51. The summed E-state index contributed by atoms with van der Waals surface area (Å²) in [6.07, 6.45) is 5.01. The first kappa shape index (κ1) is 16.0. The number of hydrogen-bond donors (Lipinski definition) is 1. The third-order valence-corrected chi connectivity index (χ3v) is 5.05. The van der Waals surface area contributed by atoms with Crippen LogP contribution in [0.2, 0.25) is 0 Å². The number of pyridine rings is 1. The smallest absolute Gasteiger partial charge is 0.251 e. The lowest BCUT2D eigenvalue weighted by atomic mass is 9.64. The van der Waals surface area contributed by atoms with Gasteiger partial charge in [-0.05, 0) is 40.4 Å². The van der Waals surface area contributed by atoms with Gasteiger partial charge in [0, 0.05) is 28.7 Å². The van der Waals surface area contributed by atoms with Crippen molar-refractivity contribution in [3.8, 4) is 0 Å². The predicted molar refractivity (Wildman–Crippen MR) is 93.4 cm³/mol. The molecule has 1 aliphatic rings. The van der Waals surface area contributed by atoms with Gasteiger partial charge in [-0.1, -0.05) is 36.8 Å². The van der Waals surface area contributed by atoms with Crippen LogP contribution >= 0.6 is 15.9 Å². The second kappa shape index (κ2) is 6.71. The summed E-state index contributed by atoms with van der Waals surface area (Å²) in [6.45, 7) is 0.668. The lowest BCUT2D eigenvalue weighted by Crippen LogP contribution is -2.46. The third-order valence-electron chi connectivity index (χ3n) is 4.58. The van der Waals surface area contributed by atoms with E-state index >= 15 is 0 Å². The summed E-state index contributed by atoms with van der Waals surface area (Å²) in [4.78, 5) is 24.0. The van der Waals surface area contributed by atoms with Crippen molar-refractivity contribution in [1.29, 1.82) is 0 Å². The molecule has 0 unspecified atom stereocenters. The van der Waals surface area contributed by atoms with Crippen LogP contribution in [0.4, 0.5) is 0 Å². The van der Waals surface area contributed by atoms with Crippen molar-refractivity contribution >= 4 is 21.8 Å². The molecule has 1 saturated carbocycles. The Balaban J connectivity index is 1.64. The third kappa shape index (κ3) is 3.55. The molecule has 1 aromatic heterocycles. The normalized spacial score (nSPS) is 15.7. The van der Waals surface area contributed by atoms with Crippen LogP contribution in [0.15, 0.2) is 57.9 Å². The quantitative estimate of drug-likeness (QED) is 0.874. The molecule has 1 N–H and O–H groups in total. The van der Waals surface area contributed by atoms with Gasteiger partial charge in [0.15, 0.2) is 0 Å². The molecule has 0 spiro atoms. The highest BCUT2D eigenvalue weighted by Crippen LogP contribution is 2.43. The van der Waals surface area contributed by atoms with Crippen LogP contribution in [0, 0.1) is 0 Å². The summed E-state index contributed by atoms with van der Waals surface area (Å²) < 4.78 is 2.19. The van der Waals surface area contributed by atoms with Crippen molar-refractivity contribution in [3.63, 3.8) is 0 Å². The zero-order chi connectivity index (χ0) is 16.3. The molecule has 0 atom stereocenters. The van der Waals surface area contributed by atoms with Gasteiger partial charge in [-0.25, -0.2) is 0 Å². The Labute approximate surface area is 143 Å². The second-order valence-corrected chi connectivity index (χ2v) is 7.01. The minimum absolute atomic E-state index is 0.0448. The van der Waals surface area contributed by atoms with E-state index in [0.717, 1.165) is 17.3 Å². The van der Waals surface area contributed by atoms with Gasteiger partial charge < -0.3 is 9.88 Å². The molecule has 0 saturated heterocycles. The Morgan fingerprint density at radius 3 is 2.57 bits per heavy atom. The first-order valence-electron chi connectivity index (χ1n) is 7.77. The van der Waals surface area contributed by atoms with Crippen molar-refractivity contribution in [1.82, 2.24) is 9.88 Å². The Kier molecular flexibility index (Phi) is 4.66. The zero-order valence-electron chi connectivity index (χ0n) is 12.8. The molecule has 0 radical (unpaired) electrons. The van der Waals surface area contributed by atoms with Gasteiger partial charge in [-0.2, -0.15) is 0 Å². The largest absolute Gasteiger partial charge is 0.354 e. The van der Waals surface area contributed by atoms with Gasteiger partial charge in [0.25, 0.3) is 5.56 Å². The topological polar surface area (TPSA) is 51.1 Å². The predicted octanol–water partition coefficient (Wildman–Crippen LogP) is 2.85. The first-order valence-corrected chi connectivity index (χ1v) is 8.57. The molecule has 2 aromatic rings. The minimum atomic E-state index is -0.176. The highest BCUT2D eigenvalue weighted by atomic mass is 79.9. The molecule has 1 fully saturated rings. The highest BCUT2D eigenvalue weighted by molar-refractivity contribution is 9.10. The maximum atomic E-state index is 12.2. The molecule has 0 bridgehead atoms. The van der Waals surface area contributed by atoms with E-state index in [2.05, 4.69) is 33.4 Å². The van der Waals surface area contributed by atoms with E-state index in [4.69, 9.17) is 0 Å². The average molecular weight is 375 g/mol. The molecule has 0 aliphatic heterocycles. The maximum absolute atomic E-state index is 12.2. The summed E-state index contributed by atoms with van der Waals surface area (Å²) >= 11 is 3.32. The van der Waals surface area contributed by atoms with E-state index in [0.29, 0.717) is 6.54 Å². The number of nitrogens with zero attached hydrogens (tertiary/aromatic N) is 1. The number of benzene rings is 1. The number of rotatable bonds is 5. The fourth-order valence-corrected chi connectivity index (χ4v) is 3.45. The number of carbonyl (C=O) groups is 1. The number of carbonyl (C=O) groups excluding carboxylic acids is 1. The van der Waals surface area contributed by atoms with Crippen LogP contribution in [0.25, 0.3) is 0 Å². The van der Waals surface area contributed by atoms with E-state index in [1.807, 2.05) is 18.2 Å². The maximum Gasteiger partial charge on any atom is 0.251 e. The van der Waals surface area contributed by atoms with Crippen LogP contribution in [0.5, 0.6) is 0 Å². The molecule has 1 heterocycles. The molecule has 23 heavy (non-hydrogen) atoms. The van der Waals surface area contributed by atoms with Crippen molar-refractivity contribution in [2.45, 2.75) is 31.2 Å². The lowest BCUT2D eigenvalue weighted by molar-refractivity contribution is -0.122. The Morgan fingerprint density at radius 2 is 1.91 bits per heavy atom. The molecule has 3 rings (SSSR count).